The van der Waals surface area contributed by atoms with Gasteiger partial charge in [-0.25, -0.2) is 4.39 Å². The van der Waals surface area contributed by atoms with E-state index in [1.54, 1.807) is 48.5 Å². The smallest absolute Gasteiger partial charge is 0.230 e. The van der Waals surface area contributed by atoms with Gasteiger partial charge >= 0.3 is 0 Å². The highest BCUT2D eigenvalue weighted by molar-refractivity contribution is 7.18. The molecule has 0 aliphatic carbocycles. The van der Waals surface area contributed by atoms with Gasteiger partial charge < -0.3 is 10.6 Å². The number of fused-ring (bicyclic) bond motifs is 1. The Balaban J connectivity index is 1.44. The van der Waals surface area contributed by atoms with Crippen molar-refractivity contribution in [1.82, 2.24) is 10.2 Å². The molecule has 4 aromatic rings. The molecular formula is C22H16FN5O2S. The van der Waals surface area contributed by atoms with Gasteiger partial charge in [-0.1, -0.05) is 30.3 Å². The monoisotopic (exact) mass is 433 g/mol. The number of aromatic nitrogens is 2. The van der Waals surface area contributed by atoms with E-state index in [1.165, 1.54) is 17.4 Å². The fraction of sp³-hybridized carbons (Fsp3) is 0.0909. The Morgan fingerprint density at radius 1 is 1.06 bits per heavy atom. The third-order valence-corrected chi connectivity index (χ3v) is 5.56. The molecule has 2 aromatic heterocycles. The lowest BCUT2D eigenvalue weighted by Gasteiger charge is -2.05. The first-order valence-electron chi connectivity index (χ1n) is 9.32. The molecule has 2 aromatic carbocycles. The molecule has 3 N–H and O–H groups in total. The zero-order chi connectivity index (χ0) is 21.8. The van der Waals surface area contributed by atoms with Gasteiger partial charge in [0.25, 0.3) is 0 Å². The van der Waals surface area contributed by atoms with Gasteiger partial charge in [0, 0.05) is 4.88 Å². The minimum atomic E-state index is -0.436. The number of nitrogens with one attached hydrogen (secondary N) is 3. The Bertz CT molecular complexity index is 1320. The zero-order valence-electron chi connectivity index (χ0n) is 16.1. The summed E-state index contributed by atoms with van der Waals surface area (Å²) in [5.41, 5.74) is 1.14. The number of carbonyl (C=O) groups excluding carboxylic acids is 2. The number of hydrogen-bond donors (Lipinski definition) is 3. The van der Waals surface area contributed by atoms with Crippen LogP contribution >= 0.6 is 11.3 Å². The minimum absolute atomic E-state index is 0.101. The van der Waals surface area contributed by atoms with E-state index in [0.717, 1.165) is 4.88 Å². The summed E-state index contributed by atoms with van der Waals surface area (Å²) in [7, 11) is 0. The van der Waals surface area contributed by atoms with Crippen LogP contribution in [0, 0.1) is 17.1 Å². The molecule has 7 nitrogen and oxygen atoms in total. The van der Waals surface area contributed by atoms with Crippen molar-refractivity contribution in [2.75, 3.05) is 10.6 Å². The molecule has 0 unspecified atom stereocenters. The van der Waals surface area contributed by atoms with Gasteiger partial charge in [0.05, 0.1) is 29.5 Å². The fourth-order valence-corrected chi connectivity index (χ4v) is 4.07. The maximum Gasteiger partial charge on any atom is 0.230 e. The largest absolute Gasteiger partial charge is 0.325 e. The highest BCUT2D eigenvalue weighted by atomic mass is 32.1. The third-order valence-electron chi connectivity index (χ3n) is 4.53. The zero-order valence-corrected chi connectivity index (χ0v) is 16.9. The van der Waals surface area contributed by atoms with Crippen LogP contribution in [0.15, 0.2) is 54.6 Å². The molecule has 4 rings (SSSR count). The second-order valence-corrected chi connectivity index (χ2v) is 7.84. The number of halogens is 1. The Labute approximate surface area is 180 Å². The van der Waals surface area contributed by atoms with E-state index in [9.17, 15) is 14.0 Å². The Kier molecular flexibility index (Phi) is 5.73. The van der Waals surface area contributed by atoms with Crippen molar-refractivity contribution in [3.8, 4) is 6.07 Å². The van der Waals surface area contributed by atoms with Gasteiger partial charge in [0.15, 0.2) is 0 Å². The molecule has 0 saturated carbocycles. The van der Waals surface area contributed by atoms with E-state index in [2.05, 4.69) is 20.8 Å². The third kappa shape index (κ3) is 4.60. The summed E-state index contributed by atoms with van der Waals surface area (Å²) in [5.74, 6) is -0.682. The molecule has 0 aliphatic rings. The average molecular weight is 433 g/mol. The number of nitriles is 1. The van der Waals surface area contributed by atoms with Gasteiger partial charge in [0.2, 0.25) is 11.8 Å². The quantitative estimate of drug-likeness (QED) is 0.427. The van der Waals surface area contributed by atoms with Crippen molar-refractivity contribution in [3.63, 3.8) is 0 Å². The summed E-state index contributed by atoms with van der Waals surface area (Å²) >= 11 is 1.32. The summed E-state index contributed by atoms with van der Waals surface area (Å²) in [4.78, 5) is 26.1. The highest BCUT2D eigenvalue weighted by Crippen LogP contribution is 2.30. The number of amides is 2. The van der Waals surface area contributed by atoms with Crippen LogP contribution in [0.5, 0.6) is 0 Å². The number of H-pyrrole nitrogens is 1. The molecule has 2 heterocycles. The van der Waals surface area contributed by atoms with Crippen molar-refractivity contribution in [1.29, 1.82) is 5.26 Å². The standard InChI is InChI=1S/C22H16FN5O2S/c23-17-7-3-1-5-13(17)9-19(29)26-21-16-10-15(31-22(16)28-27-21)11-20(30)25-18-8-4-2-6-14(18)12-24/h1-8,10H,9,11H2,(H,25,30)(H2,26,27,28,29). The molecule has 0 radical (unpaired) electrons. The van der Waals surface area contributed by atoms with Crippen molar-refractivity contribution in [3.05, 3.63) is 76.4 Å². The van der Waals surface area contributed by atoms with Crippen molar-refractivity contribution >= 4 is 44.9 Å². The molecular weight excluding hydrogens is 417 g/mol. The molecule has 0 fully saturated rings. The summed E-state index contributed by atoms with van der Waals surface area (Å²) in [6.07, 6.45) is -0.00566. The van der Waals surface area contributed by atoms with Crippen LogP contribution < -0.4 is 10.6 Å². The Morgan fingerprint density at radius 2 is 1.81 bits per heavy atom. The molecule has 2 amide bonds. The normalized spacial score (nSPS) is 10.6. The summed E-state index contributed by atoms with van der Waals surface area (Å²) in [6, 6.07) is 16.7. The summed E-state index contributed by atoms with van der Waals surface area (Å²) in [6.45, 7) is 0. The van der Waals surface area contributed by atoms with Crippen molar-refractivity contribution in [2.45, 2.75) is 12.8 Å². The summed E-state index contributed by atoms with van der Waals surface area (Å²) < 4.78 is 13.8. The number of nitrogens with zero attached hydrogens (tertiary/aromatic N) is 2. The number of hydrogen-bond acceptors (Lipinski definition) is 5. The van der Waals surface area contributed by atoms with Crippen LogP contribution in [0.2, 0.25) is 0 Å². The van der Waals surface area contributed by atoms with Crippen LogP contribution in [0.3, 0.4) is 0 Å². The highest BCUT2D eigenvalue weighted by Gasteiger charge is 2.16. The molecule has 154 valence electrons. The van der Waals surface area contributed by atoms with Gasteiger partial charge in [-0.05, 0) is 29.8 Å². The number of carbonyl (C=O) groups is 2. The molecule has 31 heavy (non-hydrogen) atoms. The molecule has 0 aliphatic heterocycles. The van der Waals surface area contributed by atoms with Crippen LogP contribution in [0.25, 0.3) is 10.2 Å². The van der Waals surface area contributed by atoms with E-state index in [0.29, 0.717) is 32.8 Å². The van der Waals surface area contributed by atoms with Crippen LogP contribution in [-0.4, -0.2) is 22.0 Å². The van der Waals surface area contributed by atoms with E-state index in [1.807, 2.05) is 6.07 Å². The maximum atomic E-state index is 13.8. The number of rotatable bonds is 6. The number of thiophene rings is 1. The Morgan fingerprint density at radius 3 is 2.61 bits per heavy atom. The van der Waals surface area contributed by atoms with E-state index in [4.69, 9.17) is 5.26 Å². The number of para-hydroxylation sites is 1. The lowest BCUT2D eigenvalue weighted by molar-refractivity contribution is -0.116. The first kappa shape index (κ1) is 20.3. The topological polar surface area (TPSA) is 111 Å². The van der Waals surface area contributed by atoms with Gasteiger partial charge in [0.1, 0.15) is 22.5 Å². The second kappa shape index (κ2) is 8.77. The van der Waals surface area contributed by atoms with Crippen molar-refractivity contribution in [2.24, 2.45) is 0 Å². The van der Waals surface area contributed by atoms with Crippen LogP contribution in [0.4, 0.5) is 15.9 Å². The van der Waals surface area contributed by atoms with E-state index < -0.39 is 5.82 Å². The predicted octanol–water partition coefficient (Wildman–Crippen LogP) is 4.00. The molecule has 0 atom stereocenters. The van der Waals surface area contributed by atoms with Gasteiger partial charge in [-0.3, -0.25) is 14.7 Å². The average Bonchev–Trinajstić information content (AvgIpc) is 3.31. The molecule has 0 spiro atoms. The second-order valence-electron chi connectivity index (χ2n) is 6.73. The SMILES string of the molecule is N#Cc1ccccc1NC(=O)Cc1cc2c(NC(=O)Cc3ccccc3F)[nH]nc2s1. The first-order valence-corrected chi connectivity index (χ1v) is 10.1. The van der Waals surface area contributed by atoms with Gasteiger partial charge in [-0.2, -0.15) is 10.4 Å². The first-order chi connectivity index (χ1) is 15.0. The summed E-state index contributed by atoms with van der Waals surface area (Å²) in [5, 5.41) is 22.2. The number of benzene rings is 2. The Hall–Kier alpha value is -4.03. The molecule has 9 heteroatoms. The predicted molar refractivity (Wildman–Crippen MR) is 116 cm³/mol. The van der Waals surface area contributed by atoms with E-state index >= 15 is 0 Å². The minimum Gasteiger partial charge on any atom is -0.325 e. The van der Waals surface area contributed by atoms with Crippen LogP contribution in [-0.2, 0) is 22.4 Å². The molecule has 0 saturated heterocycles. The lowest BCUT2D eigenvalue weighted by Crippen LogP contribution is -2.15. The fourth-order valence-electron chi connectivity index (χ4n) is 3.08. The number of anilines is 2. The van der Waals surface area contributed by atoms with Crippen LogP contribution in [0.1, 0.15) is 16.0 Å². The van der Waals surface area contributed by atoms with E-state index in [-0.39, 0.29) is 24.7 Å². The lowest BCUT2D eigenvalue weighted by atomic mass is 10.1. The molecule has 0 bridgehead atoms. The number of aromatic amines is 1. The van der Waals surface area contributed by atoms with Crippen molar-refractivity contribution < 1.29 is 14.0 Å². The maximum absolute atomic E-state index is 13.8. The van der Waals surface area contributed by atoms with Gasteiger partial charge in [-0.15, -0.1) is 11.3 Å².